The first-order chi connectivity index (χ1) is 17.1. The Hall–Kier alpha value is -2.90. The number of hydrogen-bond donors (Lipinski definition) is 0. The lowest BCUT2D eigenvalue weighted by Crippen LogP contribution is -2.44. The van der Waals surface area contributed by atoms with Crippen molar-refractivity contribution in [3.63, 3.8) is 0 Å². The first kappa shape index (κ1) is 27.7. The van der Waals surface area contributed by atoms with Crippen molar-refractivity contribution in [1.29, 1.82) is 0 Å². The standard InChI is InChI=1S/C29H37FO6/c1-8-34-26(31)16-22-15-21(35-29(4,5)36-22)13-14-23-24(18(2)3)17-25(32-6)28(33-7)27(23)19-9-11-20(30)12-10-19/h9-14,17-18,21-22H,8,15-16H2,1-7H3. The van der Waals surface area contributed by atoms with E-state index in [0.29, 0.717) is 24.5 Å². The van der Waals surface area contributed by atoms with Gasteiger partial charge in [-0.15, -0.1) is 0 Å². The molecule has 6 nitrogen and oxygen atoms in total. The first-order valence-corrected chi connectivity index (χ1v) is 12.3. The van der Waals surface area contributed by atoms with E-state index in [1.807, 2.05) is 32.1 Å². The molecule has 0 N–H and O–H groups in total. The predicted molar refractivity (Wildman–Crippen MR) is 138 cm³/mol. The molecule has 0 radical (unpaired) electrons. The summed E-state index contributed by atoms with van der Waals surface area (Å²) in [6.45, 7) is 10.0. The number of methoxy groups -OCH3 is 2. The van der Waals surface area contributed by atoms with Crippen LogP contribution in [0.5, 0.6) is 11.5 Å². The van der Waals surface area contributed by atoms with Gasteiger partial charge in [-0.05, 0) is 61.6 Å². The Labute approximate surface area is 213 Å². The molecule has 2 aromatic rings. The van der Waals surface area contributed by atoms with E-state index in [4.69, 9.17) is 23.7 Å². The van der Waals surface area contributed by atoms with Gasteiger partial charge in [-0.3, -0.25) is 4.79 Å². The Morgan fingerprint density at radius 3 is 2.44 bits per heavy atom. The Balaban J connectivity index is 2.07. The molecule has 0 aliphatic carbocycles. The second-order valence-electron chi connectivity index (χ2n) is 9.55. The van der Waals surface area contributed by atoms with Crippen LogP contribution in [0.25, 0.3) is 17.2 Å². The predicted octanol–water partition coefficient (Wildman–Crippen LogP) is 6.51. The zero-order valence-electron chi connectivity index (χ0n) is 22.2. The van der Waals surface area contributed by atoms with Crippen LogP contribution in [0, 0.1) is 5.82 Å². The van der Waals surface area contributed by atoms with Crippen molar-refractivity contribution in [1.82, 2.24) is 0 Å². The van der Waals surface area contributed by atoms with E-state index >= 15 is 0 Å². The third-order valence-corrected chi connectivity index (χ3v) is 6.05. The molecule has 2 aromatic carbocycles. The average Bonchev–Trinajstić information content (AvgIpc) is 2.81. The molecule has 36 heavy (non-hydrogen) atoms. The SMILES string of the molecule is CCOC(=O)CC1CC(C=Cc2c(C(C)C)cc(OC)c(OC)c2-c2ccc(F)cc2)OC(C)(C)O1. The molecule has 1 heterocycles. The number of carbonyl (C=O) groups excluding carboxylic acids is 1. The minimum Gasteiger partial charge on any atom is -0.493 e. The van der Waals surface area contributed by atoms with Crippen LogP contribution in [-0.4, -0.2) is 44.8 Å². The molecule has 1 saturated heterocycles. The Morgan fingerprint density at radius 1 is 1.17 bits per heavy atom. The Bertz CT molecular complexity index is 1070. The molecule has 0 bridgehead atoms. The lowest BCUT2D eigenvalue weighted by molar-refractivity contribution is -0.290. The molecular weight excluding hydrogens is 463 g/mol. The maximum absolute atomic E-state index is 13.7. The molecule has 3 rings (SSSR count). The zero-order chi connectivity index (χ0) is 26.5. The van der Waals surface area contributed by atoms with E-state index < -0.39 is 5.79 Å². The van der Waals surface area contributed by atoms with Crippen LogP contribution in [0.15, 0.2) is 36.4 Å². The average molecular weight is 501 g/mol. The zero-order valence-corrected chi connectivity index (χ0v) is 22.2. The second-order valence-corrected chi connectivity index (χ2v) is 9.55. The normalized spacial score (nSPS) is 19.5. The van der Waals surface area contributed by atoms with Crippen molar-refractivity contribution < 1.29 is 32.9 Å². The molecule has 0 amide bonds. The molecule has 196 valence electrons. The second kappa shape index (κ2) is 11.9. The molecule has 1 aliphatic heterocycles. The van der Waals surface area contributed by atoms with E-state index in [2.05, 4.69) is 13.8 Å². The number of esters is 1. The highest BCUT2D eigenvalue weighted by Gasteiger charge is 2.36. The van der Waals surface area contributed by atoms with Crippen LogP contribution in [0.3, 0.4) is 0 Å². The van der Waals surface area contributed by atoms with E-state index in [1.54, 1.807) is 33.3 Å². The molecule has 0 saturated carbocycles. The van der Waals surface area contributed by atoms with Crippen molar-refractivity contribution in [2.24, 2.45) is 0 Å². The van der Waals surface area contributed by atoms with Crippen molar-refractivity contribution >= 4 is 12.0 Å². The van der Waals surface area contributed by atoms with Crippen LogP contribution in [0.4, 0.5) is 4.39 Å². The topological polar surface area (TPSA) is 63.2 Å². The van der Waals surface area contributed by atoms with Gasteiger partial charge in [0, 0.05) is 12.0 Å². The van der Waals surface area contributed by atoms with Gasteiger partial charge in [-0.25, -0.2) is 4.39 Å². The van der Waals surface area contributed by atoms with Crippen molar-refractivity contribution in [3.8, 4) is 22.6 Å². The van der Waals surface area contributed by atoms with Crippen molar-refractivity contribution in [2.45, 2.75) is 71.4 Å². The van der Waals surface area contributed by atoms with Gasteiger partial charge in [0.2, 0.25) is 0 Å². The van der Waals surface area contributed by atoms with Crippen LogP contribution in [-0.2, 0) is 19.0 Å². The summed E-state index contributed by atoms with van der Waals surface area (Å²) in [4.78, 5) is 12.1. The van der Waals surface area contributed by atoms with Crippen LogP contribution in [0.2, 0.25) is 0 Å². The fraction of sp³-hybridized carbons (Fsp3) is 0.483. The smallest absolute Gasteiger partial charge is 0.308 e. The largest absolute Gasteiger partial charge is 0.493 e. The Kier molecular flexibility index (Phi) is 9.14. The van der Waals surface area contributed by atoms with Gasteiger partial charge in [0.05, 0.1) is 39.5 Å². The lowest BCUT2D eigenvalue weighted by Gasteiger charge is -2.39. The van der Waals surface area contributed by atoms with E-state index in [0.717, 1.165) is 22.3 Å². The quantitative estimate of drug-likeness (QED) is 0.366. The summed E-state index contributed by atoms with van der Waals surface area (Å²) >= 11 is 0. The van der Waals surface area contributed by atoms with Crippen molar-refractivity contribution in [2.75, 3.05) is 20.8 Å². The van der Waals surface area contributed by atoms with Gasteiger partial charge in [0.25, 0.3) is 0 Å². The van der Waals surface area contributed by atoms with Crippen LogP contribution >= 0.6 is 0 Å². The van der Waals surface area contributed by atoms with Gasteiger partial charge in [-0.2, -0.15) is 0 Å². The summed E-state index contributed by atoms with van der Waals surface area (Å²) in [7, 11) is 3.20. The summed E-state index contributed by atoms with van der Waals surface area (Å²) in [6.07, 6.45) is 4.07. The van der Waals surface area contributed by atoms with E-state index in [1.165, 1.54) is 12.1 Å². The highest BCUT2D eigenvalue weighted by atomic mass is 19.1. The molecule has 1 aliphatic rings. The third kappa shape index (κ3) is 6.65. The third-order valence-electron chi connectivity index (χ3n) is 6.05. The minimum absolute atomic E-state index is 0.166. The first-order valence-electron chi connectivity index (χ1n) is 12.3. The lowest BCUT2D eigenvalue weighted by atomic mass is 9.88. The summed E-state index contributed by atoms with van der Waals surface area (Å²) in [5.41, 5.74) is 3.61. The molecular formula is C29H37FO6. The van der Waals surface area contributed by atoms with Gasteiger partial charge in [0.1, 0.15) is 5.82 Å². The molecule has 7 heteroatoms. The summed E-state index contributed by atoms with van der Waals surface area (Å²) in [5, 5.41) is 0. The van der Waals surface area contributed by atoms with E-state index in [-0.39, 0.29) is 36.3 Å². The number of hydrogen-bond acceptors (Lipinski definition) is 6. The van der Waals surface area contributed by atoms with Gasteiger partial charge >= 0.3 is 5.97 Å². The summed E-state index contributed by atoms with van der Waals surface area (Å²) in [6, 6.07) is 8.31. The number of ether oxygens (including phenoxy) is 5. The van der Waals surface area contributed by atoms with Crippen LogP contribution < -0.4 is 9.47 Å². The number of carbonyl (C=O) groups is 1. The summed E-state index contributed by atoms with van der Waals surface area (Å²) in [5.74, 6) is -0.108. The molecule has 0 aromatic heterocycles. The monoisotopic (exact) mass is 500 g/mol. The Morgan fingerprint density at radius 2 is 1.86 bits per heavy atom. The molecule has 2 atom stereocenters. The summed E-state index contributed by atoms with van der Waals surface area (Å²) < 4.78 is 42.4. The van der Waals surface area contributed by atoms with Crippen molar-refractivity contribution in [3.05, 3.63) is 53.4 Å². The minimum atomic E-state index is -0.858. The molecule has 0 spiro atoms. The van der Waals surface area contributed by atoms with E-state index in [9.17, 15) is 9.18 Å². The molecule has 1 fully saturated rings. The number of benzene rings is 2. The van der Waals surface area contributed by atoms with Gasteiger partial charge in [0.15, 0.2) is 17.3 Å². The van der Waals surface area contributed by atoms with Gasteiger partial charge < -0.3 is 23.7 Å². The van der Waals surface area contributed by atoms with Gasteiger partial charge in [-0.1, -0.05) is 38.1 Å². The highest BCUT2D eigenvalue weighted by molar-refractivity contribution is 5.85. The highest BCUT2D eigenvalue weighted by Crippen LogP contribution is 2.45. The maximum Gasteiger partial charge on any atom is 0.308 e. The fourth-order valence-electron chi connectivity index (χ4n) is 4.59. The number of halogens is 1. The maximum atomic E-state index is 13.7. The van der Waals surface area contributed by atoms with Crippen LogP contribution in [0.1, 0.15) is 64.5 Å². The fourth-order valence-corrected chi connectivity index (χ4v) is 4.59. The number of rotatable bonds is 9. The molecule has 2 unspecified atom stereocenters.